The molecule has 1 N–H and O–H groups in total. The number of aromatic nitrogens is 1. The van der Waals surface area contributed by atoms with Gasteiger partial charge in [0, 0.05) is 29.7 Å². The van der Waals surface area contributed by atoms with Crippen molar-refractivity contribution in [3.05, 3.63) is 59.4 Å². The fraction of sp³-hybridized carbons (Fsp3) is 0.154. The van der Waals surface area contributed by atoms with Crippen LogP contribution >= 0.6 is 0 Å². The van der Waals surface area contributed by atoms with Gasteiger partial charge in [0.05, 0.1) is 0 Å². The highest BCUT2D eigenvalue weighted by Crippen LogP contribution is 2.13. The molecule has 0 aliphatic rings. The zero-order valence-electron chi connectivity index (χ0n) is 9.37. The van der Waals surface area contributed by atoms with Gasteiger partial charge in [-0.3, -0.25) is 4.98 Å². The summed E-state index contributed by atoms with van der Waals surface area (Å²) in [6.45, 7) is 2.11. The Hall–Kier alpha value is -1.97. The fourth-order valence-electron chi connectivity index (χ4n) is 1.53. The van der Waals surface area contributed by atoms with Gasteiger partial charge in [0.15, 0.2) is 0 Å². The zero-order valence-corrected chi connectivity index (χ0v) is 9.37. The molecule has 0 aliphatic carbocycles. The topological polar surface area (TPSA) is 24.9 Å². The Bertz CT molecular complexity index is 527. The Morgan fingerprint density at radius 1 is 1.18 bits per heavy atom. The molecule has 1 heterocycles. The van der Waals surface area contributed by atoms with Crippen molar-refractivity contribution >= 4 is 5.69 Å². The fourth-order valence-corrected chi connectivity index (χ4v) is 1.53. The van der Waals surface area contributed by atoms with Gasteiger partial charge >= 0.3 is 0 Å². The summed E-state index contributed by atoms with van der Waals surface area (Å²) in [5, 5.41) is 3.02. The van der Waals surface area contributed by atoms with Crippen LogP contribution in [0.15, 0.2) is 36.5 Å². The molecule has 0 unspecified atom stereocenters. The number of nitrogens with one attached hydrogen (secondary N) is 1. The average molecular weight is 234 g/mol. The molecule has 0 amide bonds. The molecule has 0 fully saturated rings. The maximum atomic E-state index is 13.3. The molecule has 88 valence electrons. The number of anilines is 1. The summed E-state index contributed by atoms with van der Waals surface area (Å²) in [6, 6.07) is 7.05. The molecule has 0 saturated heterocycles. The largest absolute Gasteiger partial charge is 0.381 e. The lowest BCUT2D eigenvalue weighted by atomic mass is 10.2. The van der Waals surface area contributed by atoms with E-state index in [1.165, 1.54) is 6.07 Å². The van der Waals surface area contributed by atoms with Gasteiger partial charge in [-0.25, -0.2) is 8.78 Å². The summed E-state index contributed by atoms with van der Waals surface area (Å²) in [5.41, 5.74) is 2.01. The first-order valence-electron chi connectivity index (χ1n) is 5.25. The van der Waals surface area contributed by atoms with E-state index in [-0.39, 0.29) is 6.54 Å². The van der Waals surface area contributed by atoms with Gasteiger partial charge in [-0.15, -0.1) is 0 Å². The van der Waals surface area contributed by atoms with Crippen LogP contribution in [0.25, 0.3) is 0 Å². The van der Waals surface area contributed by atoms with Crippen LogP contribution in [0.3, 0.4) is 0 Å². The monoisotopic (exact) mass is 234 g/mol. The summed E-state index contributed by atoms with van der Waals surface area (Å²) in [5.74, 6) is -0.848. The molecular weight excluding hydrogens is 222 g/mol. The van der Waals surface area contributed by atoms with E-state index in [1.54, 1.807) is 12.3 Å². The van der Waals surface area contributed by atoms with Crippen molar-refractivity contribution in [2.45, 2.75) is 13.5 Å². The average Bonchev–Trinajstić information content (AvgIpc) is 2.30. The first-order chi connectivity index (χ1) is 8.15. The summed E-state index contributed by atoms with van der Waals surface area (Å²) in [7, 11) is 0. The van der Waals surface area contributed by atoms with Gasteiger partial charge in [-0.2, -0.15) is 0 Å². The minimum atomic E-state index is -0.436. The molecule has 17 heavy (non-hydrogen) atoms. The van der Waals surface area contributed by atoms with Gasteiger partial charge < -0.3 is 5.32 Å². The molecule has 1 aromatic carbocycles. The van der Waals surface area contributed by atoms with Crippen LogP contribution < -0.4 is 5.32 Å². The number of aryl methyl sites for hydroxylation is 1. The number of nitrogens with zero attached hydrogens (tertiary/aromatic N) is 1. The van der Waals surface area contributed by atoms with Crippen molar-refractivity contribution < 1.29 is 8.78 Å². The normalized spacial score (nSPS) is 10.3. The number of rotatable bonds is 3. The van der Waals surface area contributed by atoms with Crippen molar-refractivity contribution in [3.8, 4) is 0 Å². The maximum absolute atomic E-state index is 13.3. The van der Waals surface area contributed by atoms with E-state index in [2.05, 4.69) is 10.3 Å². The standard InChI is InChI=1S/C13H12F2N2/c1-9-6-12(4-5-16-9)17-8-10-7-11(14)2-3-13(10)15/h2-7H,8H2,1H3,(H,16,17). The SMILES string of the molecule is Cc1cc(NCc2cc(F)ccc2F)ccn1. The summed E-state index contributed by atoms with van der Waals surface area (Å²) < 4.78 is 26.3. The first kappa shape index (κ1) is 11.5. The highest BCUT2D eigenvalue weighted by atomic mass is 19.1. The Balaban J connectivity index is 2.09. The predicted octanol–water partition coefficient (Wildman–Crippen LogP) is 3.28. The number of benzene rings is 1. The quantitative estimate of drug-likeness (QED) is 0.881. The Labute approximate surface area is 98.3 Å². The minimum absolute atomic E-state index is 0.243. The van der Waals surface area contributed by atoms with E-state index in [1.807, 2.05) is 13.0 Å². The Morgan fingerprint density at radius 2 is 2.00 bits per heavy atom. The molecule has 0 bridgehead atoms. The van der Waals surface area contributed by atoms with E-state index in [9.17, 15) is 8.78 Å². The second-order valence-electron chi connectivity index (χ2n) is 3.78. The highest BCUT2D eigenvalue weighted by Gasteiger charge is 2.03. The lowest BCUT2D eigenvalue weighted by Gasteiger charge is -2.07. The first-order valence-corrected chi connectivity index (χ1v) is 5.25. The molecule has 2 nitrogen and oxygen atoms in total. The second-order valence-corrected chi connectivity index (χ2v) is 3.78. The van der Waals surface area contributed by atoms with Crippen LogP contribution in [-0.4, -0.2) is 4.98 Å². The third-order valence-corrected chi connectivity index (χ3v) is 2.39. The lowest BCUT2D eigenvalue weighted by molar-refractivity contribution is 0.587. The predicted molar refractivity (Wildman–Crippen MR) is 62.7 cm³/mol. The van der Waals surface area contributed by atoms with Crippen LogP contribution in [0.1, 0.15) is 11.3 Å². The molecule has 0 atom stereocenters. The van der Waals surface area contributed by atoms with Crippen molar-refractivity contribution in [1.82, 2.24) is 4.98 Å². The smallest absolute Gasteiger partial charge is 0.128 e. The molecule has 2 aromatic rings. The summed E-state index contributed by atoms with van der Waals surface area (Å²) in [4.78, 5) is 4.05. The minimum Gasteiger partial charge on any atom is -0.381 e. The van der Waals surface area contributed by atoms with Gasteiger partial charge in [0.1, 0.15) is 11.6 Å². The molecule has 0 spiro atoms. The second kappa shape index (κ2) is 4.91. The molecule has 2 rings (SSSR count). The van der Waals surface area contributed by atoms with E-state index in [0.717, 1.165) is 23.5 Å². The zero-order chi connectivity index (χ0) is 12.3. The van der Waals surface area contributed by atoms with Gasteiger partial charge in [-0.05, 0) is 37.3 Å². The van der Waals surface area contributed by atoms with Crippen LogP contribution in [0.2, 0.25) is 0 Å². The maximum Gasteiger partial charge on any atom is 0.128 e. The third-order valence-electron chi connectivity index (χ3n) is 2.39. The van der Waals surface area contributed by atoms with E-state index in [0.29, 0.717) is 5.56 Å². The van der Waals surface area contributed by atoms with E-state index >= 15 is 0 Å². The molecule has 0 saturated carbocycles. The molecule has 0 aliphatic heterocycles. The summed E-state index contributed by atoms with van der Waals surface area (Å²) in [6.07, 6.45) is 1.67. The summed E-state index contributed by atoms with van der Waals surface area (Å²) >= 11 is 0. The van der Waals surface area contributed by atoms with Crippen molar-refractivity contribution in [3.63, 3.8) is 0 Å². The number of hydrogen-bond acceptors (Lipinski definition) is 2. The van der Waals surface area contributed by atoms with Gasteiger partial charge in [0.25, 0.3) is 0 Å². The van der Waals surface area contributed by atoms with E-state index < -0.39 is 11.6 Å². The van der Waals surface area contributed by atoms with Gasteiger partial charge in [-0.1, -0.05) is 0 Å². The van der Waals surface area contributed by atoms with Crippen molar-refractivity contribution in [1.29, 1.82) is 0 Å². The van der Waals surface area contributed by atoms with Crippen LogP contribution in [0.5, 0.6) is 0 Å². The number of hydrogen-bond donors (Lipinski definition) is 1. The molecule has 0 radical (unpaired) electrons. The Kier molecular flexibility index (Phi) is 3.32. The Morgan fingerprint density at radius 3 is 2.76 bits per heavy atom. The third kappa shape index (κ3) is 3.00. The van der Waals surface area contributed by atoms with Crippen LogP contribution in [0, 0.1) is 18.6 Å². The highest BCUT2D eigenvalue weighted by molar-refractivity contribution is 5.43. The van der Waals surface area contributed by atoms with E-state index in [4.69, 9.17) is 0 Å². The van der Waals surface area contributed by atoms with Crippen molar-refractivity contribution in [2.24, 2.45) is 0 Å². The lowest BCUT2D eigenvalue weighted by Crippen LogP contribution is -2.02. The molecular formula is C13H12F2N2. The van der Waals surface area contributed by atoms with Gasteiger partial charge in [0.2, 0.25) is 0 Å². The van der Waals surface area contributed by atoms with Crippen LogP contribution in [0.4, 0.5) is 14.5 Å². The van der Waals surface area contributed by atoms with Crippen LogP contribution in [-0.2, 0) is 6.54 Å². The molecule has 1 aromatic heterocycles. The number of pyridine rings is 1. The molecule has 4 heteroatoms. The number of halogens is 2. The van der Waals surface area contributed by atoms with Crippen molar-refractivity contribution in [2.75, 3.05) is 5.32 Å².